The second-order valence-electron chi connectivity index (χ2n) is 4.69. The summed E-state index contributed by atoms with van der Waals surface area (Å²) in [5.74, 6) is -1.16. The van der Waals surface area contributed by atoms with Crippen molar-refractivity contribution in [2.24, 2.45) is 0 Å². The number of carbonyl (C=O) groups is 2. The van der Waals surface area contributed by atoms with E-state index in [0.717, 1.165) is 25.7 Å². The summed E-state index contributed by atoms with van der Waals surface area (Å²) in [5.41, 5.74) is 0. The number of aromatic nitrogens is 2. The molecule has 1 aliphatic carbocycles. The summed E-state index contributed by atoms with van der Waals surface area (Å²) in [6.07, 6.45) is 5.47. The van der Waals surface area contributed by atoms with Crippen LogP contribution in [0.3, 0.4) is 0 Å². The molecule has 7 heteroatoms. The lowest BCUT2D eigenvalue weighted by Crippen LogP contribution is -2.38. The number of hydrogen-bond acceptors (Lipinski definition) is 6. The zero-order valence-electron chi connectivity index (χ0n) is 11.3. The minimum absolute atomic E-state index is 0.0571. The smallest absolute Gasteiger partial charge is 0.376 e. The van der Waals surface area contributed by atoms with Crippen molar-refractivity contribution < 1.29 is 19.4 Å². The summed E-state index contributed by atoms with van der Waals surface area (Å²) in [6, 6.07) is 1.76. The number of ether oxygens (including phenoxy) is 1. The molecule has 7 nitrogen and oxygen atoms in total. The third-order valence-corrected chi connectivity index (χ3v) is 3.37. The number of esters is 1. The van der Waals surface area contributed by atoms with Crippen molar-refractivity contribution in [3.05, 3.63) is 18.1 Å². The van der Waals surface area contributed by atoms with Gasteiger partial charge in [-0.2, -0.15) is 0 Å². The van der Waals surface area contributed by atoms with Crippen molar-refractivity contribution in [3.8, 4) is 0 Å². The lowest BCUT2D eigenvalue weighted by molar-refractivity contribution is -0.135. The SMILES string of the molecule is COC(=O)c1nccc(N(CC(=O)O)C2CCCC2)n1. The van der Waals surface area contributed by atoms with Gasteiger partial charge in [0.2, 0.25) is 5.82 Å². The van der Waals surface area contributed by atoms with Gasteiger partial charge in [0.15, 0.2) is 0 Å². The second kappa shape index (κ2) is 6.31. The Hall–Kier alpha value is -2.18. The maximum absolute atomic E-state index is 11.4. The molecule has 0 atom stereocenters. The van der Waals surface area contributed by atoms with Gasteiger partial charge in [-0.25, -0.2) is 14.8 Å². The number of nitrogens with zero attached hydrogens (tertiary/aromatic N) is 3. The predicted octanol–water partition coefficient (Wildman–Crippen LogP) is 1.10. The molecule has 0 aliphatic heterocycles. The van der Waals surface area contributed by atoms with Crippen molar-refractivity contribution in [1.29, 1.82) is 0 Å². The number of anilines is 1. The topological polar surface area (TPSA) is 92.6 Å². The van der Waals surface area contributed by atoms with Gasteiger partial charge in [0.1, 0.15) is 12.4 Å². The summed E-state index contributed by atoms with van der Waals surface area (Å²) in [7, 11) is 1.25. The summed E-state index contributed by atoms with van der Waals surface area (Å²) in [4.78, 5) is 32.2. The molecular formula is C13H17N3O4. The highest BCUT2D eigenvalue weighted by Crippen LogP contribution is 2.26. The van der Waals surface area contributed by atoms with Crippen LogP contribution < -0.4 is 4.90 Å². The van der Waals surface area contributed by atoms with Crippen LogP contribution in [0.1, 0.15) is 36.3 Å². The third kappa shape index (κ3) is 3.23. The monoisotopic (exact) mass is 279 g/mol. The first-order valence-corrected chi connectivity index (χ1v) is 6.51. The van der Waals surface area contributed by atoms with Crippen molar-refractivity contribution in [2.45, 2.75) is 31.7 Å². The molecule has 0 unspecified atom stereocenters. The van der Waals surface area contributed by atoms with E-state index in [9.17, 15) is 9.59 Å². The number of carboxylic acids is 1. The van der Waals surface area contributed by atoms with Crippen LogP contribution in [0.25, 0.3) is 0 Å². The molecule has 108 valence electrons. The molecule has 2 rings (SSSR count). The Bertz CT molecular complexity index is 500. The summed E-state index contributed by atoms with van der Waals surface area (Å²) in [6.45, 7) is -0.137. The minimum atomic E-state index is -0.921. The van der Waals surface area contributed by atoms with Crippen molar-refractivity contribution in [1.82, 2.24) is 9.97 Å². The van der Waals surface area contributed by atoms with Crippen molar-refractivity contribution in [2.75, 3.05) is 18.6 Å². The number of aliphatic carboxylic acids is 1. The van der Waals surface area contributed by atoms with Crippen LogP contribution in [0.2, 0.25) is 0 Å². The van der Waals surface area contributed by atoms with Crippen LogP contribution in [-0.4, -0.2) is 46.7 Å². The fourth-order valence-electron chi connectivity index (χ4n) is 2.46. The Morgan fingerprint density at radius 2 is 2.15 bits per heavy atom. The van der Waals surface area contributed by atoms with Crippen LogP contribution >= 0.6 is 0 Å². The van der Waals surface area contributed by atoms with E-state index < -0.39 is 11.9 Å². The highest BCUT2D eigenvalue weighted by Gasteiger charge is 2.26. The molecule has 0 spiro atoms. The Kier molecular flexibility index (Phi) is 4.49. The van der Waals surface area contributed by atoms with Gasteiger partial charge in [-0.1, -0.05) is 12.8 Å². The number of rotatable bonds is 5. The highest BCUT2D eigenvalue weighted by molar-refractivity contribution is 5.85. The first-order valence-electron chi connectivity index (χ1n) is 6.51. The van der Waals surface area contributed by atoms with E-state index in [4.69, 9.17) is 5.11 Å². The summed E-state index contributed by atoms with van der Waals surface area (Å²) < 4.78 is 4.58. The molecule has 1 aromatic heterocycles. The number of carboxylic acid groups (broad SMARTS) is 1. The quantitative estimate of drug-likeness (QED) is 0.806. The Balaban J connectivity index is 2.27. The molecule has 1 aromatic rings. The van der Waals surface area contributed by atoms with E-state index in [1.807, 2.05) is 0 Å². The first kappa shape index (κ1) is 14.2. The van der Waals surface area contributed by atoms with Crippen molar-refractivity contribution >= 4 is 17.8 Å². The Morgan fingerprint density at radius 3 is 2.75 bits per heavy atom. The fourth-order valence-corrected chi connectivity index (χ4v) is 2.46. The Morgan fingerprint density at radius 1 is 1.45 bits per heavy atom. The van der Waals surface area contributed by atoms with Gasteiger partial charge in [-0.15, -0.1) is 0 Å². The van der Waals surface area contributed by atoms with E-state index in [1.165, 1.54) is 13.3 Å². The van der Waals surface area contributed by atoms with Crippen LogP contribution in [-0.2, 0) is 9.53 Å². The molecule has 1 N–H and O–H groups in total. The van der Waals surface area contributed by atoms with Crippen LogP contribution in [0.5, 0.6) is 0 Å². The Labute approximate surface area is 116 Å². The van der Waals surface area contributed by atoms with Gasteiger partial charge in [-0.05, 0) is 18.9 Å². The van der Waals surface area contributed by atoms with Crippen LogP contribution in [0.4, 0.5) is 5.82 Å². The van der Waals surface area contributed by atoms with Gasteiger partial charge in [0.25, 0.3) is 0 Å². The minimum Gasteiger partial charge on any atom is -0.480 e. The zero-order chi connectivity index (χ0) is 14.5. The number of carbonyl (C=O) groups excluding carboxylic acids is 1. The van der Waals surface area contributed by atoms with E-state index >= 15 is 0 Å². The molecule has 1 saturated carbocycles. The van der Waals surface area contributed by atoms with Crippen molar-refractivity contribution in [3.63, 3.8) is 0 Å². The van der Waals surface area contributed by atoms with Crippen LogP contribution in [0, 0.1) is 0 Å². The molecule has 1 heterocycles. The molecular weight excluding hydrogens is 262 g/mol. The predicted molar refractivity (Wildman–Crippen MR) is 70.6 cm³/mol. The number of methoxy groups -OCH3 is 1. The first-order chi connectivity index (χ1) is 9.61. The second-order valence-corrected chi connectivity index (χ2v) is 4.69. The van der Waals surface area contributed by atoms with E-state index in [1.54, 1.807) is 11.0 Å². The van der Waals surface area contributed by atoms with E-state index in [-0.39, 0.29) is 18.4 Å². The zero-order valence-corrected chi connectivity index (χ0v) is 11.3. The lowest BCUT2D eigenvalue weighted by atomic mass is 10.2. The molecule has 0 aromatic carbocycles. The lowest BCUT2D eigenvalue weighted by Gasteiger charge is -2.28. The van der Waals surface area contributed by atoms with Gasteiger partial charge < -0.3 is 14.7 Å². The maximum Gasteiger partial charge on any atom is 0.376 e. The van der Waals surface area contributed by atoms with E-state index in [0.29, 0.717) is 5.82 Å². The molecule has 0 radical (unpaired) electrons. The normalized spacial score (nSPS) is 15.1. The van der Waals surface area contributed by atoms with Gasteiger partial charge in [0.05, 0.1) is 7.11 Å². The van der Waals surface area contributed by atoms with Crippen LogP contribution in [0.15, 0.2) is 12.3 Å². The fraction of sp³-hybridized carbons (Fsp3) is 0.538. The molecule has 0 bridgehead atoms. The van der Waals surface area contributed by atoms with E-state index in [2.05, 4.69) is 14.7 Å². The molecule has 0 saturated heterocycles. The molecule has 1 fully saturated rings. The number of hydrogen-bond donors (Lipinski definition) is 1. The summed E-state index contributed by atoms with van der Waals surface area (Å²) in [5, 5.41) is 9.05. The van der Waals surface area contributed by atoms with Gasteiger partial charge >= 0.3 is 11.9 Å². The largest absolute Gasteiger partial charge is 0.480 e. The summed E-state index contributed by atoms with van der Waals surface area (Å²) >= 11 is 0. The molecule has 20 heavy (non-hydrogen) atoms. The average molecular weight is 279 g/mol. The average Bonchev–Trinajstić information content (AvgIpc) is 2.97. The molecule has 1 aliphatic rings. The van der Waals surface area contributed by atoms with Gasteiger partial charge in [-0.3, -0.25) is 4.79 Å². The molecule has 0 amide bonds. The maximum atomic E-state index is 11.4. The third-order valence-electron chi connectivity index (χ3n) is 3.37. The standard InChI is InChI=1S/C13H17N3O4/c1-20-13(19)12-14-7-6-10(15-12)16(8-11(17)18)9-4-2-3-5-9/h6-7,9H,2-5,8H2,1H3,(H,17,18). The highest BCUT2D eigenvalue weighted by atomic mass is 16.5. The van der Waals surface area contributed by atoms with Gasteiger partial charge in [0, 0.05) is 12.2 Å².